The maximum Gasteiger partial charge on any atom is 0.452 e. The predicted octanol–water partition coefficient (Wildman–Crippen LogP) is 4.41. The molecular formula is C22H21F3N4O2. The van der Waals surface area contributed by atoms with E-state index in [1.54, 1.807) is 42.5 Å². The van der Waals surface area contributed by atoms with Crippen molar-refractivity contribution in [2.24, 2.45) is 0 Å². The lowest BCUT2D eigenvalue weighted by Gasteiger charge is -2.22. The summed E-state index contributed by atoms with van der Waals surface area (Å²) in [4.78, 5) is 18.7. The van der Waals surface area contributed by atoms with E-state index in [4.69, 9.17) is 4.42 Å². The summed E-state index contributed by atoms with van der Waals surface area (Å²) in [7, 11) is 0. The molecule has 1 amide bonds. The Hall–Kier alpha value is -3.33. The number of aromatic nitrogens is 1. The van der Waals surface area contributed by atoms with Crippen molar-refractivity contribution in [3.05, 3.63) is 66.1 Å². The van der Waals surface area contributed by atoms with E-state index >= 15 is 0 Å². The molecule has 9 heteroatoms. The first-order chi connectivity index (χ1) is 14.9. The summed E-state index contributed by atoms with van der Waals surface area (Å²) >= 11 is 0. The van der Waals surface area contributed by atoms with Crippen LogP contribution in [-0.4, -0.2) is 37.1 Å². The summed E-state index contributed by atoms with van der Waals surface area (Å²) in [5.41, 5.74) is 0.918. The monoisotopic (exact) mass is 430 g/mol. The van der Waals surface area contributed by atoms with Gasteiger partial charge < -0.3 is 20.0 Å². The summed E-state index contributed by atoms with van der Waals surface area (Å²) in [6.07, 6.45) is -3.83. The molecule has 2 heterocycles. The Kier molecular flexibility index (Phi) is 5.94. The van der Waals surface area contributed by atoms with E-state index in [0.717, 1.165) is 38.3 Å². The molecule has 1 aromatic heterocycles. The highest BCUT2D eigenvalue weighted by molar-refractivity contribution is 6.04. The number of nitrogens with zero attached hydrogens (tertiary/aromatic N) is 2. The lowest BCUT2D eigenvalue weighted by atomic mass is 10.2. The van der Waals surface area contributed by atoms with Crippen LogP contribution in [0.3, 0.4) is 0 Å². The molecule has 1 aliphatic rings. The van der Waals surface area contributed by atoms with Gasteiger partial charge in [-0.25, -0.2) is 4.98 Å². The number of rotatable bonds is 4. The van der Waals surface area contributed by atoms with Gasteiger partial charge in [0.1, 0.15) is 0 Å². The fourth-order valence-electron chi connectivity index (χ4n) is 3.42. The first-order valence-electron chi connectivity index (χ1n) is 9.92. The highest BCUT2D eigenvalue weighted by Crippen LogP contribution is 2.35. The summed E-state index contributed by atoms with van der Waals surface area (Å²) < 4.78 is 45.3. The second-order valence-corrected chi connectivity index (χ2v) is 7.15. The van der Waals surface area contributed by atoms with Gasteiger partial charge in [0.2, 0.25) is 11.7 Å². The quantitative estimate of drug-likeness (QED) is 0.642. The molecule has 0 radical (unpaired) electrons. The zero-order valence-corrected chi connectivity index (χ0v) is 16.6. The second kappa shape index (κ2) is 8.81. The normalized spacial score (nSPS) is 14.9. The maximum atomic E-state index is 13.4. The Morgan fingerprint density at radius 3 is 2.48 bits per heavy atom. The van der Waals surface area contributed by atoms with E-state index in [9.17, 15) is 18.0 Å². The fourth-order valence-corrected chi connectivity index (χ4v) is 3.42. The van der Waals surface area contributed by atoms with Crippen molar-refractivity contribution in [3.8, 4) is 11.5 Å². The average molecular weight is 430 g/mol. The molecule has 6 nitrogen and oxygen atoms in total. The maximum absolute atomic E-state index is 13.4. The van der Waals surface area contributed by atoms with E-state index in [1.165, 1.54) is 0 Å². The van der Waals surface area contributed by atoms with Crippen molar-refractivity contribution >= 4 is 17.3 Å². The summed E-state index contributed by atoms with van der Waals surface area (Å²) in [5.74, 6) is -2.66. The zero-order chi connectivity index (χ0) is 21.8. The zero-order valence-electron chi connectivity index (χ0n) is 16.6. The third-order valence-electron chi connectivity index (χ3n) is 4.95. The van der Waals surface area contributed by atoms with E-state index in [2.05, 4.69) is 20.5 Å². The van der Waals surface area contributed by atoms with Gasteiger partial charge >= 0.3 is 6.18 Å². The lowest BCUT2D eigenvalue weighted by molar-refractivity contribution is -0.153. The number of amides is 1. The van der Waals surface area contributed by atoms with Crippen LogP contribution in [0.5, 0.6) is 0 Å². The van der Waals surface area contributed by atoms with Crippen molar-refractivity contribution in [2.45, 2.75) is 12.6 Å². The van der Waals surface area contributed by atoms with Gasteiger partial charge in [0.15, 0.2) is 5.69 Å². The minimum absolute atomic E-state index is 0.261. The van der Waals surface area contributed by atoms with Crippen molar-refractivity contribution in [3.63, 3.8) is 0 Å². The molecule has 2 aromatic carbocycles. The largest absolute Gasteiger partial charge is 0.452 e. The van der Waals surface area contributed by atoms with Gasteiger partial charge in [-0.3, -0.25) is 4.79 Å². The van der Waals surface area contributed by atoms with Crippen molar-refractivity contribution in [2.75, 3.05) is 36.4 Å². The van der Waals surface area contributed by atoms with Crippen LogP contribution in [-0.2, 0) is 6.18 Å². The molecular weight excluding hydrogens is 409 g/mol. The fraction of sp³-hybridized carbons (Fsp3) is 0.273. The number of nitrogens with one attached hydrogen (secondary N) is 2. The Morgan fingerprint density at radius 2 is 1.77 bits per heavy atom. The first-order valence-corrected chi connectivity index (χ1v) is 9.92. The highest BCUT2D eigenvalue weighted by Gasteiger charge is 2.42. The Labute approximate surface area is 177 Å². The van der Waals surface area contributed by atoms with E-state index in [-0.39, 0.29) is 5.89 Å². The Balaban J connectivity index is 1.54. The standard InChI is InChI=1S/C22H21F3N4O2/c23-22(24,25)19-18(28-21(31-19)15-5-2-1-3-6-15)20(30)27-16-7-9-17(10-8-16)29-13-4-11-26-12-14-29/h1-3,5-10,26H,4,11-14H2,(H,27,30). The van der Waals surface area contributed by atoms with Gasteiger partial charge in [0.25, 0.3) is 5.91 Å². The highest BCUT2D eigenvalue weighted by atomic mass is 19.4. The topological polar surface area (TPSA) is 70.4 Å². The number of anilines is 2. The van der Waals surface area contributed by atoms with E-state index in [0.29, 0.717) is 11.3 Å². The van der Waals surface area contributed by atoms with Crippen LogP contribution in [0.15, 0.2) is 59.0 Å². The van der Waals surface area contributed by atoms with Crippen LogP contribution >= 0.6 is 0 Å². The van der Waals surface area contributed by atoms with Gasteiger partial charge in [0.05, 0.1) is 0 Å². The van der Waals surface area contributed by atoms with Gasteiger partial charge in [0, 0.05) is 36.6 Å². The summed E-state index contributed by atoms with van der Waals surface area (Å²) in [6.45, 7) is 3.63. The number of alkyl halides is 3. The van der Waals surface area contributed by atoms with Gasteiger partial charge in [-0.15, -0.1) is 0 Å². The molecule has 0 saturated carbocycles. The smallest absolute Gasteiger partial charge is 0.431 e. The minimum Gasteiger partial charge on any atom is -0.431 e. The number of hydrogen-bond donors (Lipinski definition) is 2. The Bertz CT molecular complexity index is 1030. The number of hydrogen-bond acceptors (Lipinski definition) is 5. The number of benzene rings is 2. The molecule has 0 atom stereocenters. The Morgan fingerprint density at radius 1 is 1.03 bits per heavy atom. The van der Waals surface area contributed by atoms with Crippen LogP contribution in [0.1, 0.15) is 22.7 Å². The third kappa shape index (κ3) is 4.88. The van der Waals surface area contributed by atoms with Gasteiger partial charge in [-0.1, -0.05) is 18.2 Å². The summed E-state index contributed by atoms with van der Waals surface area (Å²) in [6, 6.07) is 15.1. The average Bonchev–Trinajstić information content (AvgIpc) is 3.06. The third-order valence-corrected chi connectivity index (χ3v) is 4.95. The van der Waals surface area contributed by atoms with Crippen LogP contribution in [0, 0.1) is 0 Å². The van der Waals surface area contributed by atoms with Gasteiger partial charge in [-0.2, -0.15) is 13.2 Å². The molecule has 1 aliphatic heterocycles. The van der Waals surface area contributed by atoms with Crippen LogP contribution in [0.2, 0.25) is 0 Å². The molecule has 31 heavy (non-hydrogen) atoms. The first kappa shape index (κ1) is 20.9. The van der Waals surface area contributed by atoms with Crippen molar-refractivity contribution in [1.82, 2.24) is 10.3 Å². The molecule has 3 aromatic rings. The molecule has 0 spiro atoms. The minimum atomic E-state index is -4.85. The molecule has 162 valence electrons. The lowest BCUT2D eigenvalue weighted by Crippen LogP contribution is -2.27. The van der Waals surface area contributed by atoms with Crippen molar-refractivity contribution < 1.29 is 22.4 Å². The molecule has 1 saturated heterocycles. The molecule has 1 fully saturated rings. The molecule has 0 bridgehead atoms. The SMILES string of the molecule is O=C(Nc1ccc(N2CCCNCC2)cc1)c1nc(-c2ccccc2)oc1C(F)(F)F. The molecule has 4 rings (SSSR count). The number of oxazole rings is 1. The van der Waals surface area contributed by atoms with Crippen molar-refractivity contribution in [1.29, 1.82) is 0 Å². The van der Waals surface area contributed by atoms with Gasteiger partial charge in [-0.05, 0) is 49.4 Å². The van der Waals surface area contributed by atoms with Crippen LogP contribution < -0.4 is 15.5 Å². The van der Waals surface area contributed by atoms with Crippen LogP contribution in [0.25, 0.3) is 11.5 Å². The second-order valence-electron chi connectivity index (χ2n) is 7.15. The molecule has 2 N–H and O–H groups in total. The number of carbonyl (C=O) groups excluding carboxylic acids is 1. The number of carbonyl (C=O) groups is 1. The number of halogens is 3. The summed E-state index contributed by atoms with van der Waals surface area (Å²) in [5, 5.41) is 5.81. The molecule has 0 aliphatic carbocycles. The van der Waals surface area contributed by atoms with E-state index in [1.807, 2.05) is 12.1 Å². The van der Waals surface area contributed by atoms with E-state index < -0.39 is 23.5 Å². The predicted molar refractivity (Wildman–Crippen MR) is 111 cm³/mol. The van der Waals surface area contributed by atoms with Crippen LogP contribution in [0.4, 0.5) is 24.5 Å². The molecule has 0 unspecified atom stereocenters.